The summed E-state index contributed by atoms with van der Waals surface area (Å²) in [5, 5.41) is 14.0. The predicted octanol–water partition coefficient (Wildman–Crippen LogP) is 2.83. The number of amidine groups is 1. The van der Waals surface area contributed by atoms with E-state index >= 15 is 0 Å². The van der Waals surface area contributed by atoms with Gasteiger partial charge in [-0.3, -0.25) is 4.79 Å². The lowest BCUT2D eigenvalue weighted by Crippen LogP contribution is -2.19. The molecule has 0 radical (unpaired) electrons. The second-order valence-electron chi connectivity index (χ2n) is 4.09. The summed E-state index contributed by atoms with van der Waals surface area (Å²) in [5.41, 5.74) is 5.92. The van der Waals surface area contributed by atoms with Crippen LogP contribution in [-0.4, -0.2) is 17.0 Å². The fourth-order valence-corrected chi connectivity index (χ4v) is 1.91. The van der Waals surface area contributed by atoms with Gasteiger partial charge in [-0.1, -0.05) is 35.0 Å². The summed E-state index contributed by atoms with van der Waals surface area (Å²) in [6.07, 6.45) is 0. The smallest absolute Gasteiger partial charge is 0.258 e. The molecule has 2 aromatic carbocycles. The van der Waals surface area contributed by atoms with E-state index in [0.29, 0.717) is 5.56 Å². The lowest BCUT2D eigenvalue weighted by molar-refractivity contribution is 0.102. The summed E-state index contributed by atoms with van der Waals surface area (Å²) < 4.78 is 13.8. The van der Waals surface area contributed by atoms with Crippen molar-refractivity contribution in [1.82, 2.24) is 0 Å². The van der Waals surface area contributed by atoms with E-state index in [9.17, 15) is 9.18 Å². The van der Waals surface area contributed by atoms with Crippen molar-refractivity contribution < 1.29 is 14.4 Å². The number of oxime groups is 1. The second-order valence-corrected chi connectivity index (χ2v) is 4.49. The Morgan fingerprint density at radius 2 is 1.86 bits per heavy atom. The molecule has 0 saturated heterocycles. The molecule has 2 aromatic rings. The number of nitrogens with zero attached hydrogens (tertiary/aromatic N) is 1. The van der Waals surface area contributed by atoms with Crippen molar-refractivity contribution in [3.63, 3.8) is 0 Å². The van der Waals surface area contributed by atoms with Gasteiger partial charge in [0, 0.05) is 5.56 Å². The number of nitrogens with one attached hydrogen (secondary N) is 1. The molecule has 4 N–H and O–H groups in total. The van der Waals surface area contributed by atoms with Crippen molar-refractivity contribution in [3.8, 4) is 0 Å². The van der Waals surface area contributed by atoms with Crippen molar-refractivity contribution in [1.29, 1.82) is 0 Å². The normalized spacial score (nSPS) is 11.2. The molecule has 0 aliphatic carbocycles. The van der Waals surface area contributed by atoms with E-state index in [1.807, 2.05) is 0 Å². The molecule has 21 heavy (non-hydrogen) atoms. The van der Waals surface area contributed by atoms with Gasteiger partial charge in [-0.15, -0.1) is 0 Å². The number of anilines is 1. The highest BCUT2D eigenvalue weighted by atomic mass is 35.5. The number of amides is 1. The van der Waals surface area contributed by atoms with E-state index in [-0.39, 0.29) is 22.1 Å². The van der Waals surface area contributed by atoms with Gasteiger partial charge in [-0.25, -0.2) is 4.39 Å². The highest BCUT2D eigenvalue weighted by Gasteiger charge is 2.16. The summed E-state index contributed by atoms with van der Waals surface area (Å²) in [6.45, 7) is 0. The lowest BCUT2D eigenvalue weighted by atomic mass is 10.1. The van der Waals surface area contributed by atoms with Gasteiger partial charge in [0.25, 0.3) is 5.91 Å². The molecule has 0 bridgehead atoms. The fourth-order valence-electron chi connectivity index (χ4n) is 1.74. The number of benzene rings is 2. The third-order valence-electron chi connectivity index (χ3n) is 2.76. The maximum absolute atomic E-state index is 13.8. The molecule has 0 fully saturated rings. The van der Waals surface area contributed by atoms with Crippen LogP contribution in [0.3, 0.4) is 0 Å². The molecular weight excluding hydrogens is 297 g/mol. The quantitative estimate of drug-likeness (QED) is 0.352. The lowest BCUT2D eigenvalue weighted by Gasteiger charge is -2.10. The van der Waals surface area contributed by atoms with Crippen LogP contribution in [0.15, 0.2) is 47.6 Å². The van der Waals surface area contributed by atoms with Crippen LogP contribution in [-0.2, 0) is 0 Å². The number of hydrogen-bond acceptors (Lipinski definition) is 3. The minimum absolute atomic E-state index is 0.146. The highest BCUT2D eigenvalue weighted by Crippen LogP contribution is 2.20. The van der Waals surface area contributed by atoms with Crippen molar-refractivity contribution >= 4 is 29.0 Å². The molecule has 5 nitrogen and oxygen atoms in total. The summed E-state index contributed by atoms with van der Waals surface area (Å²) in [7, 11) is 0. The Morgan fingerprint density at radius 3 is 2.57 bits per heavy atom. The van der Waals surface area contributed by atoms with Crippen molar-refractivity contribution in [2.75, 3.05) is 5.32 Å². The SMILES string of the molecule is N/C(=N/O)c1ccccc1NC(=O)c1cccc(Cl)c1F. The zero-order valence-corrected chi connectivity index (χ0v) is 11.4. The first-order valence-electron chi connectivity index (χ1n) is 5.87. The molecule has 0 aliphatic rings. The highest BCUT2D eigenvalue weighted by molar-refractivity contribution is 6.31. The summed E-state index contributed by atoms with van der Waals surface area (Å²) in [6, 6.07) is 10.5. The Bertz CT molecular complexity index is 719. The topological polar surface area (TPSA) is 87.7 Å². The second kappa shape index (κ2) is 6.23. The molecule has 0 spiro atoms. The van der Waals surface area contributed by atoms with Gasteiger partial charge < -0.3 is 16.3 Å². The maximum Gasteiger partial charge on any atom is 0.258 e. The van der Waals surface area contributed by atoms with Gasteiger partial charge in [0.1, 0.15) is 0 Å². The van der Waals surface area contributed by atoms with E-state index in [1.165, 1.54) is 18.2 Å². The largest absolute Gasteiger partial charge is 0.409 e. The van der Waals surface area contributed by atoms with Crippen LogP contribution >= 0.6 is 11.6 Å². The van der Waals surface area contributed by atoms with Gasteiger partial charge in [-0.05, 0) is 24.3 Å². The van der Waals surface area contributed by atoms with Gasteiger partial charge in [0.2, 0.25) is 0 Å². The number of carbonyl (C=O) groups is 1. The van der Waals surface area contributed by atoms with Crippen LogP contribution in [0, 0.1) is 5.82 Å². The summed E-state index contributed by atoms with van der Waals surface area (Å²) in [4.78, 5) is 12.1. The van der Waals surface area contributed by atoms with Crippen LogP contribution in [0.4, 0.5) is 10.1 Å². The van der Waals surface area contributed by atoms with Gasteiger partial charge in [0.05, 0.1) is 16.3 Å². The number of carbonyl (C=O) groups excluding carboxylic acids is 1. The van der Waals surface area contributed by atoms with Crippen LogP contribution in [0.2, 0.25) is 5.02 Å². The molecule has 0 heterocycles. The number of halogens is 2. The zero-order chi connectivity index (χ0) is 15.4. The summed E-state index contributed by atoms with van der Waals surface area (Å²) >= 11 is 5.64. The number of hydrogen-bond donors (Lipinski definition) is 3. The minimum Gasteiger partial charge on any atom is -0.409 e. The van der Waals surface area contributed by atoms with E-state index in [0.717, 1.165) is 0 Å². The molecule has 0 unspecified atom stereocenters. The average molecular weight is 308 g/mol. The van der Waals surface area contributed by atoms with E-state index < -0.39 is 11.7 Å². The number of para-hydroxylation sites is 1. The van der Waals surface area contributed by atoms with Crippen molar-refractivity contribution in [3.05, 3.63) is 64.4 Å². The Balaban J connectivity index is 2.35. The first-order valence-corrected chi connectivity index (χ1v) is 6.24. The first-order chi connectivity index (χ1) is 10.0. The molecule has 0 saturated carbocycles. The van der Waals surface area contributed by atoms with E-state index in [2.05, 4.69) is 10.5 Å². The van der Waals surface area contributed by atoms with Gasteiger partial charge in [0.15, 0.2) is 11.7 Å². The fraction of sp³-hybridized carbons (Fsp3) is 0. The molecular formula is C14H11ClFN3O2. The molecule has 0 aromatic heterocycles. The maximum atomic E-state index is 13.8. The molecule has 7 heteroatoms. The number of nitrogens with two attached hydrogens (primary N) is 1. The van der Waals surface area contributed by atoms with Crippen molar-refractivity contribution in [2.24, 2.45) is 10.9 Å². The molecule has 0 atom stereocenters. The Morgan fingerprint density at radius 1 is 1.19 bits per heavy atom. The van der Waals surface area contributed by atoms with Crippen molar-refractivity contribution in [2.45, 2.75) is 0 Å². The van der Waals surface area contributed by atoms with Gasteiger partial charge >= 0.3 is 0 Å². The summed E-state index contributed by atoms with van der Waals surface area (Å²) in [5.74, 6) is -1.66. The molecule has 0 aliphatic heterocycles. The zero-order valence-electron chi connectivity index (χ0n) is 10.7. The third kappa shape index (κ3) is 3.11. The Labute approximate surface area is 124 Å². The van der Waals surface area contributed by atoms with Crippen LogP contribution in [0.1, 0.15) is 15.9 Å². The Hall–Kier alpha value is -2.60. The van der Waals surface area contributed by atoms with Crippen LogP contribution < -0.4 is 11.1 Å². The number of rotatable bonds is 3. The predicted molar refractivity (Wildman–Crippen MR) is 78.3 cm³/mol. The third-order valence-corrected chi connectivity index (χ3v) is 3.05. The van der Waals surface area contributed by atoms with Crippen LogP contribution in [0.25, 0.3) is 0 Å². The average Bonchev–Trinajstić information content (AvgIpc) is 2.49. The monoisotopic (exact) mass is 307 g/mol. The van der Waals surface area contributed by atoms with E-state index in [1.54, 1.807) is 24.3 Å². The van der Waals surface area contributed by atoms with E-state index in [4.69, 9.17) is 22.5 Å². The van der Waals surface area contributed by atoms with Gasteiger partial charge in [-0.2, -0.15) is 0 Å². The Kier molecular flexibility index (Phi) is 4.39. The minimum atomic E-state index is -0.807. The van der Waals surface area contributed by atoms with Crippen LogP contribution in [0.5, 0.6) is 0 Å². The molecule has 2 rings (SSSR count). The standard InChI is InChI=1S/C14H11ClFN3O2/c15-10-6-3-5-9(12(10)16)14(20)18-11-7-2-1-4-8(11)13(17)19-21/h1-7,21H,(H2,17,19)(H,18,20). The molecule has 1 amide bonds. The first kappa shape index (κ1) is 14.8. The molecule has 108 valence electrons.